The summed E-state index contributed by atoms with van der Waals surface area (Å²) in [6.45, 7) is 19.7. The molecule has 0 aliphatic heterocycles. The van der Waals surface area contributed by atoms with Crippen molar-refractivity contribution in [1.29, 1.82) is 0 Å². The number of rotatable bonds is 19. The molecular weight excluding hydrogens is 698 g/mol. The Morgan fingerprint density at radius 3 is 1.81 bits per heavy atom. The molecule has 1 atom stereocenters. The van der Waals surface area contributed by atoms with Crippen LogP contribution in [0, 0.1) is 5.41 Å². The Balaban J connectivity index is 2.83. The van der Waals surface area contributed by atoms with Crippen LogP contribution in [0.4, 0.5) is 14.4 Å². The predicted octanol–water partition coefficient (Wildman–Crippen LogP) is 5.94. The Hall–Kier alpha value is -4.56. The normalized spacial score (nSPS) is 12.4. The first-order valence-corrected chi connectivity index (χ1v) is 18.5. The average molecular weight is 764 g/mol. The van der Waals surface area contributed by atoms with Gasteiger partial charge in [0.05, 0.1) is 13.1 Å². The molecule has 0 saturated heterocycles. The van der Waals surface area contributed by atoms with Crippen LogP contribution >= 0.6 is 0 Å². The van der Waals surface area contributed by atoms with Crippen LogP contribution in [0.5, 0.6) is 0 Å². The van der Waals surface area contributed by atoms with Gasteiger partial charge < -0.3 is 45.1 Å². The van der Waals surface area contributed by atoms with Gasteiger partial charge in [0.2, 0.25) is 11.8 Å². The molecule has 0 fully saturated rings. The lowest BCUT2D eigenvalue weighted by molar-refractivity contribution is -0.147. The summed E-state index contributed by atoms with van der Waals surface area (Å²) >= 11 is 0. The fourth-order valence-corrected chi connectivity index (χ4v) is 4.85. The number of amides is 5. The van der Waals surface area contributed by atoms with Gasteiger partial charge in [0.1, 0.15) is 29.5 Å². The molecule has 15 nitrogen and oxygen atoms in total. The Labute approximate surface area is 321 Å². The van der Waals surface area contributed by atoms with Crippen molar-refractivity contribution in [3.63, 3.8) is 0 Å². The maximum atomic E-state index is 13.5. The van der Waals surface area contributed by atoms with Gasteiger partial charge in [0.25, 0.3) is 0 Å². The van der Waals surface area contributed by atoms with Crippen molar-refractivity contribution >= 4 is 36.1 Å². The number of benzene rings is 1. The Kier molecular flexibility index (Phi) is 19.3. The van der Waals surface area contributed by atoms with Gasteiger partial charge in [-0.25, -0.2) is 14.4 Å². The second kappa shape index (κ2) is 22.0. The molecule has 4 N–H and O–H groups in total. The molecule has 306 valence electrons. The maximum Gasteiger partial charge on any atom is 0.409 e. The summed E-state index contributed by atoms with van der Waals surface area (Å²) < 4.78 is 21.3. The van der Waals surface area contributed by atoms with Crippen molar-refractivity contribution < 1.29 is 47.7 Å². The molecule has 54 heavy (non-hydrogen) atoms. The summed E-state index contributed by atoms with van der Waals surface area (Å²) in [5.41, 5.74) is -1.70. The number of hydrogen-bond acceptors (Lipinski definition) is 10. The molecule has 0 heterocycles. The molecule has 0 aromatic heterocycles. The molecule has 0 unspecified atom stereocenters. The van der Waals surface area contributed by atoms with Crippen LogP contribution in [-0.4, -0.2) is 90.1 Å². The monoisotopic (exact) mass is 763 g/mol. The standard InChI is InChI=1S/C39H65N5O10/c1-36(2,3)52-33(48)41-23-24-44(27-42-34(49)53-37(4,5)6)30(45)20-19-29(43-35(50)54-38(7,8)9)32(47)40-22-16-15-21-39(10,11)25-31(46)51-26-28-17-13-12-14-18-28/h12-14,17-18,29H,15-16,19-27H2,1-11H3,(H,40,47)(H,41,48)(H,42,49)(H,43,50)/t29-/m0/s1. The van der Waals surface area contributed by atoms with Crippen LogP contribution in [0.1, 0.15) is 120 Å². The van der Waals surface area contributed by atoms with Gasteiger partial charge in [-0.05, 0) is 92.6 Å². The number of unbranched alkanes of at least 4 members (excludes halogenated alkanes) is 1. The van der Waals surface area contributed by atoms with Gasteiger partial charge in [-0.3, -0.25) is 14.4 Å². The molecule has 15 heteroatoms. The summed E-state index contributed by atoms with van der Waals surface area (Å²) in [7, 11) is 0. The highest BCUT2D eigenvalue weighted by Gasteiger charge is 2.27. The van der Waals surface area contributed by atoms with Crippen molar-refractivity contribution in [3.8, 4) is 0 Å². The molecule has 1 aromatic carbocycles. The van der Waals surface area contributed by atoms with Gasteiger partial charge in [0.15, 0.2) is 0 Å². The SMILES string of the molecule is CC(C)(CCCCNC(=O)[C@H](CCC(=O)N(CCNC(=O)OC(C)(C)C)CNC(=O)OC(C)(C)C)NC(=O)OC(C)(C)C)CC(=O)OCc1ccccc1. The molecule has 0 bridgehead atoms. The van der Waals surface area contributed by atoms with Crippen molar-refractivity contribution in [2.24, 2.45) is 5.41 Å². The lowest BCUT2D eigenvalue weighted by Gasteiger charge is -2.27. The van der Waals surface area contributed by atoms with E-state index in [0.29, 0.717) is 19.4 Å². The van der Waals surface area contributed by atoms with E-state index in [1.807, 2.05) is 44.2 Å². The minimum absolute atomic E-state index is 0.00529. The number of carbonyl (C=O) groups is 6. The number of carbonyl (C=O) groups excluding carboxylic acids is 6. The van der Waals surface area contributed by atoms with Crippen LogP contribution in [0.2, 0.25) is 0 Å². The summed E-state index contributed by atoms with van der Waals surface area (Å²) in [4.78, 5) is 77.7. The lowest BCUT2D eigenvalue weighted by atomic mass is 9.84. The first-order valence-electron chi connectivity index (χ1n) is 18.5. The summed E-state index contributed by atoms with van der Waals surface area (Å²) in [6.07, 6.45) is -0.193. The molecule has 0 spiro atoms. The molecule has 0 saturated carbocycles. The summed E-state index contributed by atoms with van der Waals surface area (Å²) in [5, 5.41) is 10.5. The van der Waals surface area contributed by atoms with Gasteiger partial charge in [-0.2, -0.15) is 0 Å². The van der Waals surface area contributed by atoms with Crippen molar-refractivity contribution in [2.75, 3.05) is 26.3 Å². The van der Waals surface area contributed by atoms with Crippen LogP contribution in [0.15, 0.2) is 30.3 Å². The lowest BCUT2D eigenvalue weighted by Crippen LogP contribution is -2.50. The zero-order valence-electron chi connectivity index (χ0n) is 34.3. The van der Waals surface area contributed by atoms with E-state index in [2.05, 4.69) is 21.3 Å². The minimum atomic E-state index is -1.11. The number of nitrogens with one attached hydrogen (secondary N) is 4. The number of esters is 1. The fourth-order valence-electron chi connectivity index (χ4n) is 4.85. The highest BCUT2D eigenvalue weighted by atomic mass is 16.6. The highest BCUT2D eigenvalue weighted by Crippen LogP contribution is 2.28. The zero-order chi connectivity index (χ0) is 41.2. The van der Waals surface area contributed by atoms with Crippen LogP contribution in [-0.2, 0) is 39.9 Å². The van der Waals surface area contributed by atoms with E-state index in [0.717, 1.165) is 12.0 Å². The Bertz CT molecular complexity index is 1360. The minimum Gasteiger partial charge on any atom is -0.461 e. The maximum absolute atomic E-state index is 13.5. The zero-order valence-corrected chi connectivity index (χ0v) is 34.3. The number of hydrogen-bond donors (Lipinski definition) is 4. The van der Waals surface area contributed by atoms with Gasteiger partial charge >= 0.3 is 24.2 Å². The molecule has 5 amide bonds. The van der Waals surface area contributed by atoms with E-state index in [-0.39, 0.29) is 57.0 Å². The average Bonchev–Trinajstić information content (AvgIpc) is 3.00. The van der Waals surface area contributed by atoms with Crippen LogP contribution < -0.4 is 21.3 Å². The number of alkyl carbamates (subject to hydrolysis) is 3. The Morgan fingerprint density at radius 1 is 0.685 bits per heavy atom. The molecule has 0 radical (unpaired) electrons. The first-order chi connectivity index (χ1) is 24.8. The Morgan fingerprint density at radius 2 is 1.24 bits per heavy atom. The molecule has 0 aliphatic carbocycles. The topological polar surface area (TPSA) is 191 Å². The summed E-state index contributed by atoms with van der Waals surface area (Å²) in [6, 6.07) is 8.36. The van der Waals surface area contributed by atoms with Gasteiger partial charge in [0, 0.05) is 26.1 Å². The predicted molar refractivity (Wildman–Crippen MR) is 204 cm³/mol. The molecular formula is C39H65N5O10. The third kappa shape index (κ3) is 23.9. The second-order valence-electron chi connectivity index (χ2n) is 16.9. The van der Waals surface area contributed by atoms with E-state index >= 15 is 0 Å². The van der Waals surface area contributed by atoms with Crippen molar-refractivity contribution in [1.82, 2.24) is 26.2 Å². The third-order valence-corrected chi connectivity index (χ3v) is 7.32. The van der Waals surface area contributed by atoms with Crippen LogP contribution in [0.3, 0.4) is 0 Å². The van der Waals surface area contributed by atoms with E-state index in [1.54, 1.807) is 62.3 Å². The highest BCUT2D eigenvalue weighted by molar-refractivity contribution is 5.86. The summed E-state index contributed by atoms with van der Waals surface area (Å²) in [5.74, 6) is -1.23. The smallest absolute Gasteiger partial charge is 0.409 e. The van der Waals surface area contributed by atoms with E-state index in [4.69, 9.17) is 18.9 Å². The molecule has 1 rings (SSSR count). The van der Waals surface area contributed by atoms with Crippen LogP contribution in [0.25, 0.3) is 0 Å². The van der Waals surface area contributed by atoms with Crippen molar-refractivity contribution in [3.05, 3.63) is 35.9 Å². The van der Waals surface area contributed by atoms with Gasteiger partial charge in [-0.15, -0.1) is 0 Å². The number of nitrogens with zero attached hydrogens (tertiary/aromatic N) is 1. The largest absolute Gasteiger partial charge is 0.461 e. The van der Waals surface area contributed by atoms with E-state index in [1.165, 1.54) is 4.90 Å². The first kappa shape index (κ1) is 47.5. The molecule has 0 aliphatic rings. The number of ether oxygens (including phenoxy) is 4. The van der Waals surface area contributed by atoms with Crippen molar-refractivity contribution in [2.45, 2.75) is 144 Å². The van der Waals surface area contributed by atoms with Gasteiger partial charge in [-0.1, -0.05) is 50.6 Å². The van der Waals surface area contributed by atoms with E-state index < -0.39 is 52.9 Å². The molecule has 1 aromatic rings. The third-order valence-electron chi connectivity index (χ3n) is 7.32. The quantitative estimate of drug-likeness (QED) is 0.0568. The van der Waals surface area contributed by atoms with E-state index in [9.17, 15) is 28.8 Å². The second-order valence-corrected chi connectivity index (χ2v) is 16.9. The fraction of sp³-hybridized carbons (Fsp3) is 0.692.